The summed E-state index contributed by atoms with van der Waals surface area (Å²) in [6.07, 6.45) is 3.55. The fourth-order valence-corrected chi connectivity index (χ4v) is 3.03. The molecule has 6 heteroatoms. The molecule has 0 unspecified atom stereocenters. The highest BCUT2D eigenvalue weighted by Gasteiger charge is 2.21. The number of rotatable bonds is 5. The molecule has 1 aliphatic rings. The van der Waals surface area contributed by atoms with Gasteiger partial charge >= 0.3 is 0 Å². The van der Waals surface area contributed by atoms with Crippen LogP contribution in [-0.4, -0.2) is 42.0 Å². The van der Waals surface area contributed by atoms with Crippen molar-refractivity contribution >= 4 is 5.91 Å². The van der Waals surface area contributed by atoms with Gasteiger partial charge in [0.05, 0.1) is 12.8 Å². The number of methoxy groups -OCH3 is 1. The van der Waals surface area contributed by atoms with Crippen LogP contribution in [-0.2, 0) is 6.54 Å². The van der Waals surface area contributed by atoms with Gasteiger partial charge in [-0.2, -0.15) is 0 Å². The number of halogens is 1. The normalized spacial score (nSPS) is 15.8. The highest BCUT2D eigenvalue weighted by molar-refractivity contribution is 5.94. The quantitative estimate of drug-likeness (QED) is 0.907. The third-order valence-electron chi connectivity index (χ3n) is 4.45. The number of ether oxygens (including phenoxy) is 1. The molecule has 0 bridgehead atoms. The van der Waals surface area contributed by atoms with Gasteiger partial charge in [0.2, 0.25) is 0 Å². The Morgan fingerprint density at radius 3 is 2.76 bits per heavy atom. The third kappa shape index (κ3) is 4.54. The van der Waals surface area contributed by atoms with Gasteiger partial charge in [0.25, 0.3) is 5.91 Å². The summed E-state index contributed by atoms with van der Waals surface area (Å²) in [7, 11) is 1.40. The van der Waals surface area contributed by atoms with Crippen LogP contribution in [0.25, 0.3) is 0 Å². The lowest BCUT2D eigenvalue weighted by atomic mass is 10.0. The summed E-state index contributed by atoms with van der Waals surface area (Å²) in [5, 5.41) is 3.00. The molecule has 1 amide bonds. The van der Waals surface area contributed by atoms with Crippen molar-refractivity contribution in [1.82, 2.24) is 15.2 Å². The molecule has 0 radical (unpaired) electrons. The van der Waals surface area contributed by atoms with Crippen LogP contribution in [0.5, 0.6) is 5.75 Å². The molecule has 2 heterocycles. The van der Waals surface area contributed by atoms with E-state index in [-0.39, 0.29) is 17.7 Å². The summed E-state index contributed by atoms with van der Waals surface area (Å²) < 4.78 is 18.6. The first-order chi connectivity index (χ1) is 12.2. The smallest absolute Gasteiger partial charge is 0.251 e. The molecule has 1 aliphatic heterocycles. The molecule has 0 aliphatic carbocycles. The molecule has 0 atom stereocenters. The van der Waals surface area contributed by atoms with Crippen LogP contribution in [0.3, 0.4) is 0 Å². The van der Waals surface area contributed by atoms with Gasteiger partial charge in [-0.25, -0.2) is 4.39 Å². The van der Waals surface area contributed by atoms with E-state index in [0.29, 0.717) is 5.56 Å². The Labute approximate surface area is 146 Å². The molecule has 1 saturated heterocycles. The molecule has 3 rings (SSSR count). The first-order valence-corrected chi connectivity index (χ1v) is 8.42. The molecule has 2 aromatic rings. The highest BCUT2D eigenvalue weighted by atomic mass is 19.1. The van der Waals surface area contributed by atoms with Gasteiger partial charge in [-0.05, 0) is 43.2 Å². The number of carbonyl (C=O) groups is 1. The van der Waals surface area contributed by atoms with Crippen LogP contribution in [0.1, 0.15) is 28.9 Å². The predicted octanol–water partition coefficient (Wildman–Crippen LogP) is 2.62. The van der Waals surface area contributed by atoms with Gasteiger partial charge in [0.1, 0.15) is 0 Å². The SMILES string of the molecule is COc1ccc(C(=O)NC2CCN(Cc3ccccn3)CC2)cc1F. The van der Waals surface area contributed by atoms with E-state index < -0.39 is 5.82 Å². The van der Waals surface area contributed by atoms with Gasteiger partial charge < -0.3 is 10.1 Å². The largest absolute Gasteiger partial charge is 0.494 e. The van der Waals surface area contributed by atoms with E-state index in [1.165, 1.54) is 19.2 Å². The van der Waals surface area contributed by atoms with Crippen LogP contribution < -0.4 is 10.1 Å². The molecule has 1 fully saturated rings. The Balaban J connectivity index is 1.50. The standard InChI is InChI=1S/C19H22FN3O2/c1-25-18-6-5-14(12-17(18)20)19(24)22-15-7-10-23(11-8-15)13-16-4-2-3-9-21-16/h2-6,9,12,15H,7-8,10-11,13H2,1H3,(H,22,24). The molecule has 132 valence electrons. The summed E-state index contributed by atoms with van der Waals surface area (Å²) in [6.45, 7) is 2.63. The van der Waals surface area contributed by atoms with Crippen molar-refractivity contribution in [3.63, 3.8) is 0 Å². The van der Waals surface area contributed by atoms with Crippen molar-refractivity contribution in [2.24, 2.45) is 0 Å². The number of hydrogen-bond donors (Lipinski definition) is 1. The zero-order chi connectivity index (χ0) is 17.6. The predicted molar refractivity (Wildman–Crippen MR) is 93.0 cm³/mol. The van der Waals surface area contributed by atoms with E-state index in [9.17, 15) is 9.18 Å². The van der Waals surface area contributed by atoms with Crippen LogP contribution in [0.2, 0.25) is 0 Å². The fraction of sp³-hybridized carbons (Fsp3) is 0.368. The van der Waals surface area contributed by atoms with Crippen molar-refractivity contribution in [3.05, 3.63) is 59.7 Å². The number of nitrogens with one attached hydrogen (secondary N) is 1. The van der Waals surface area contributed by atoms with E-state index in [1.807, 2.05) is 18.2 Å². The van der Waals surface area contributed by atoms with Gasteiger partial charge in [-0.15, -0.1) is 0 Å². The van der Waals surface area contributed by atoms with Gasteiger partial charge in [-0.3, -0.25) is 14.7 Å². The zero-order valence-corrected chi connectivity index (χ0v) is 14.2. The lowest BCUT2D eigenvalue weighted by molar-refractivity contribution is 0.0908. The van der Waals surface area contributed by atoms with Crippen LogP contribution in [0, 0.1) is 5.82 Å². The second kappa shape index (κ2) is 8.07. The summed E-state index contributed by atoms with van der Waals surface area (Å²) in [5.74, 6) is -0.635. The van der Waals surface area contributed by atoms with E-state index in [4.69, 9.17) is 4.74 Å². The zero-order valence-electron chi connectivity index (χ0n) is 14.2. The number of hydrogen-bond acceptors (Lipinski definition) is 4. The van der Waals surface area contributed by atoms with Crippen LogP contribution in [0.4, 0.5) is 4.39 Å². The lowest BCUT2D eigenvalue weighted by Crippen LogP contribution is -2.44. The number of likely N-dealkylation sites (tertiary alicyclic amines) is 1. The second-order valence-electron chi connectivity index (χ2n) is 6.19. The minimum absolute atomic E-state index is 0.109. The summed E-state index contributed by atoms with van der Waals surface area (Å²) in [5.41, 5.74) is 1.37. The Bertz CT molecular complexity index is 716. The Kier molecular flexibility index (Phi) is 5.60. The summed E-state index contributed by atoms with van der Waals surface area (Å²) >= 11 is 0. The number of pyridine rings is 1. The Hall–Kier alpha value is -2.47. The number of nitrogens with zero attached hydrogens (tertiary/aromatic N) is 2. The highest BCUT2D eigenvalue weighted by Crippen LogP contribution is 2.18. The van der Waals surface area contributed by atoms with Gasteiger partial charge in [0, 0.05) is 37.4 Å². The maximum Gasteiger partial charge on any atom is 0.251 e. The first kappa shape index (κ1) is 17.4. The van der Waals surface area contributed by atoms with Crippen molar-refractivity contribution in [2.45, 2.75) is 25.4 Å². The van der Waals surface area contributed by atoms with Gasteiger partial charge in [0.15, 0.2) is 11.6 Å². The van der Waals surface area contributed by atoms with E-state index in [1.54, 1.807) is 12.3 Å². The Morgan fingerprint density at radius 1 is 1.32 bits per heavy atom. The number of benzene rings is 1. The summed E-state index contributed by atoms with van der Waals surface area (Å²) in [4.78, 5) is 19.0. The minimum atomic E-state index is -0.527. The van der Waals surface area contributed by atoms with E-state index in [0.717, 1.165) is 38.2 Å². The van der Waals surface area contributed by atoms with Crippen molar-refractivity contribution < 1.29 is 13.9 Å². The second-order valence-corrected chi connectivity index (χ2v) is 6.19. The lowest BCUT2D eigenvalue weighted by Gasteiger charge is -2.32. The average molecular weight is 343 g/mol. The van der Waals surface area contributed by atoms with Crippen molar-refractivity contribution in [2.75, 3.05) is 20.2 Å². The number of amides is 1. The topological polar surface area (TPSA) is 54.5 Å². The third-order valence-corrected chi connectivity index (χ3v) is 4.45. The average Bonchev–Trinajstić information content (AvgIpc) is 2.64. The molecule has 1 aromatic carbocycles. The van der Waals surface area contributed by atoms with E-state index >= 15 is 0 Å². The first-order valence-electron chi connectivity index (χ1n) is 8.42. The fourth-order valence-electron chi connectivity index (χ4n) is 3.03. The maximum absolute atomic E-state index is 13.7. The molecule has 25 heavy (non-hydrogen) atoms. The van der Waals surface area contributed by atoms with Crippen LogP contribution in [0.15, 0.2) is 42.6 Å². The molecule has 5 nitrogen and oxygen atoms in total. The number of piperidine rings is 1. The molecular formula is C19H22FN3O2. The van der Waals surface area contributed by atoms with Crippen molar-refractivity contribution in [1.29, 1.82) is 0 Å². The van der Waals surface area contributed by atoms with Crippen LogP contribution >= 0.6 is 0 Å². The number of aromatic nitrogens is 1. The maximum atomic E-state index is 13.7. The van der Waals surface area contributed by atoms with Gasteiger partial charge in [-0.1, -0.05) is 6.07 Å². The molecule has 1 aromatic heterocycles. The summed E-state index contributed by atoms with van der Waals surface area (Å²) in [6, 6.07) is 10.3. The molecule has 0 saturated carbocycles. The monoisotopic (exact) mass is 343 g/mol. The minimum Gasteiger partial charge on any atom is -0.494 e. The Morgan fingerprint density at radius 2 is 2.12 bits per heavy atom. The molecule has 1 N–H and O–H groups in total. The van der Waals surface area contributed by atoms with E-state index in [2.05, 4.69) is 15.2 Å². The number of carbonyl (C=O) groups excluding carboxylic acids is 1. The molecular weight excluding hydrogens is 321 g/mol. The molecule has 0 spiro atoms. The van der Waals surface area contributed by atoms with Crippen molar-refractivity contribution in [3.8, 4) is 5.75 Å².